The molecule has 0 bridgehead atoms. The van der Waals surface area contributed by atoms with E-state index < -0.39 is 0 Å². The molecule has 0 aliphatic heterocycles. The molecular weight excluding hydrogens is 228 g/mol. The Labute approximate surface area is 105 Å². The lowest BCUT2D eigenvalue weighted by atomic mass is 10.0. The van der Waals surface area contributed by atoms with Gasteiger partial charge in [0.1, 0.15) is 11.4 Å². The van der Waals surface area contributed by atoms with Gasteiger partial charge in [0.2, 0.25) is 0 Å². The van der Waals surface area contributed by atoms with Gasteiger partial charge in [0.05, 0.1) is 6.61 Å². The predicted molar refractivity (Wildman–Crippen MR) is 69.4 cm³/mol. The molecular formula is C14H14N2O2. The molecule has 4 heteroatoms. The van der Waals surface area contributed by atoms with E-state index in [1.807, 2.05) is 18.2 Å². The van der Waals surface area contributed by atoms with E-state index in [2.05, 4.69) is 11.1 Å². The molecule has 1 aromatic carbocycles. The third kappa shape index (κ3) is 1.42. The van der Waals surface area contributed by atoms with Gasteiger partial charge in [0.15, 0.2) is 0 Å². The summed E-state index contributed by atoms with van der Waals surface area (Å²) in [5.74, 6) is 0.0390. The molecule has 0 atom stereocenters. The first-order chi connectivity index (χ1) is 8.72. The summed E-state index contributed by atoms with van der Waals surface area (Å²) in [5, 5.41) is 0. The molecule has 0 unspecified atom stereocenters. The minimum Gasteiger partial charge on any atom is -0.462 e. The molecule has 1 heterocycles. The molecule has 0 saturated carbocycles. The molecule has 1 aliphatic rings. The lowest BCUT2D eigenvalue weighted by Crippen LogP contribution is -2.07. The van der Waals surface area contributed by atoms with Crippen LogP contribution in [0.15, 0.2) is 24.3 Å². The van der Waals surface area contributed by atoms with Crippen LogP contribution in [0.1, 0.15) is 28.5 Å². The first kappa shape index (κ1) is 10.9. The molecule has 3 rings (SSSR count). The number of nitrogens with one attached hydrogen (secondary N) is 1. The number of rotatable bonds is 2. The van der Waals surface area contributed by atoms with Crippen molar-refractivity contribution in [3.8, 4) is 11.1 Å². The number of benzene rings is 1. The Bertz CT molecular complexity index is 629. The third-order valence-electron chi connectivity index (χ3n) is 3.24. The molecule has 1 aromatic heterocycles. The monoisotopic (exact) mass is 242 g/mol. The maximum Gasteiger partial charge on any atom is 0.342 e. The van der Waals surface area contributed by atoms with Crippen molar-refractivity contribution in [2.75, 3.05) is 12.3 Å². The minimum absolute atomic E-state index is 0.347. The summed E-state index contributed by atoms with van der Waals surface area (Å²) in [5.41, 5.74) is 10.5. The first-order valence-corrected chi connectivity index (χ1v) is 5.98. The van der Waals surface area contributed by atoms with Crippen molar-refractivity contribution in [3.63, 3.8) is 0 Å². The number of aromatic nitrogens is 1. The van der Waals surface area contributed by atoms with Gasteiger partial charge in [-0.25, -0.2) is 4.79 Å². The number of anilines is 1. The molecule has 4 nitrogen and oxygen atoms in total. The second-order valence-corrected chi connectivity index (χ2v) is 4.32. The Balaban J connectivity index is 2.17. The largest absolute Gasteiger partial charge is 0.462 e. The molecule has 1 aliphatic carbocycles. The first-order valence-electron chi connectivity index (χ1n) is 5.98. The molecule has 92 valence electrons. The Hall–Kier alpha value is -2.23. The lowest BCUT2D eigenvalue weighted by molar-refractivity contribution is 0.0528. The minimum atomic E-state index is -0.357. The van der Waals surface area contributed by atoms with Gasteiger partial charge >= 0.3 is 5.97 Å². The molecule has 0 amide bonds. The van der Waals surface area contributed by atoms with Gasteiger partial charge in [-0.15, -0.1) is 0 Å². The lowest BCUT2D eigenvalue weighted by Gasteiger charge is -2.05. The van der Waals surface area contributed by atoms with Crippen molar-refractivity contribution in [3.05, 3.63) is 41.1 Å². The Morgan fingerprint density at radius 1 is 1.44 bits per heavy atom. The van der Waals surface area contributed by atoms with Gasteiger partial charge in [-0.3, -0.25) is 0 Å². The maximum atomic E-state index is 12.0. The van der Waals surface area contributed by atoms with E-state index >= 15 is 0 Å². The highest BCUT2D eigenvalue weighted by Crippen LogP contribution is 2.41. The van der Waals surface area contributed by atoms with E-state index in [9.17, 15) is 4.79 Å². The molecule has 18 heavy (non-hydrogen) atoms. The van der Waals surface area contributed by atoms with Crippen LogP contribution in [0.25, 0.3) is 11.1 Å². The van der Waals surface area contributed by atoms with Crippen molar-refractivity contribution in [1.82, 2.24) is 4.98 Å². The van der Waals surface area contributed by atoms with Crippen LogP contribution in [0.2, 0.25) is 0 Å². The summed E-state index contributed by atoms with van der Waals surface area (Å²) in [6.07, 6.45) is 0.787. The van der Waals surface area contributed by atoms with Crippen LogP contribution in [0.5, 0.6) is 0 Å². The fourth-order valence-electron chi connectivity index (χ4n) is 2.53. The number of carbonyl (C=O) groups is 1. The van der Waals surface area contributed by atoms with E-state index in [4.69, 9.17) is 10.5 Å². The Morgan fingerprint density at radius 2 is 2.22 bits per heavy atom. The number of nitrogen functional groups attached to an aromatic ring is 1. The topological polar surface area (TPSA) is 68.1 Å². The summed E-state index contributed by atoms with van der Waals surface area (Å²) in [6, 6.07) is 8.04. The number of esters is 1. The maximum absolute atomic E-state index is 12.0. The Morgan fingerprint density at radius 3 is 3.00 bits per heavy atom. The molecule has 2 aromatic rings. The molecule has 0 spiro atoms. The number of nitrogens with two attached hydrogens (primary N) is 1. The molecule has 0 fully saturated rings. The number of H-pyrrole nitrogens is 1. The Kier molecular flexibility index (Phi) is 2.37. The van der Waals surface area contributed by atoms with Crippen LogP contribution < -0.4 is 5.73 Å². The summed E-state index contributed by atoms with van der Waals surface area (Å²) in [4.78, 5) is 15.1. The summed E-state index contributed by atoms with van der Waals surface area (Å²) >= 11 is 0. The van der Waals surface area contributed by atoms with Gasteiger partial charge in [-0.05, 0) is 18.1 Å². The van der Waals surface area contributed by atoms with Crippen molar-refractivity contribution in [2.45, 2.75) is 13.3 Å². The van der Waals surface area contributed by atoms with Gasteiger partial charge < -0.3 is 15.5 Å². The normalized spacial score (nSPS) is 12.1. The molecule has 0 saturated heterocycles. The summed E-state index contributed by atoms with van der Waals surface area (Å²) < 4.78 is 5.07. The van der Waals surface area contributed by atoms with Crippen molar-refractivity contribution >= 4 is 11.8 Å². The highest BCUT2D eigenvalue weighted by atomic mass is 16.5. The highest BCUT2D eigenvalue weighted by Gasteiger charge is 2.29. The van der Waals surface area contributed by atoms with Gasteiger partial charge in [-0.2, -0.15) is 0 Å². The number of fused-ring (bicyclic) bond motifs is 3. The fraction of sp³-hybridized carbons (Fsp3) is 0.214. The summed E-state index contributed by atoms with van der Waals surface area (Å²) in [6.45, 7) is 2.13. The number of ether oxygens (including phenoxy) is 1. The number of hydrogen-bond donors (Lipinski definition) is 2. The number of hydrogen-bond acceptors (Lipinski definition) is 3. The standard InChI is InChI=1S/C14H14N2O2/c1-2-18-14(17)12-11-9-6-4-3-5-8(9)7-10(11)16-13(12)15/h3-6,16H,2,7,15H2,1H3. The van der Waals surface area contributed by atoms with Gasteiger partial charge in [0, 0.05) is 17.7 Å². The summed E-state index contributed by atoms with van der Waals surface area (Å²) in [7, 11) is 0. The average molecular weight is 242 g/mol. The van der Waals surface area contributed by atoms with Crippen LogP contribution in [-0.4, -0.2) is 17.6 Å². The quantitative estimate of drug-likeness (QED) is 0.678. The zero-order valence-corrected chi connectivity index (χ0v) is 10.1. The highest BCUT2D eigenvalue weighted by molar-refractivity contribution is 6.04. The fourth-order valence-corrected chi connectivity index (χ4v) is 2.53. The van der Waals surface area contributed by atoms with Crippen LogP contribution in [-0.2, 0) is 11.2 Å². The van der Waals surface area contributed by atoms with Crippen molar-refractivity contribution in [2.24, 2.45) is 0 Å². The average Bonchev–Trinajstić information content (AvgIpc) is 2.83. The second kappa shape index (κ2) is 3.91. The van der Waals surface area contributed by atoms with Crippen LogP contribution in [0, 0.1) is 0 Å². The van der Waals surface area contributed by atoms with Crippen LogP contribution in [0.3, 0.4) is 0 Å². The predicted octanol–water partition coefficient (Wildman–Crippen LogP) is 2.34. The third-order valence-corrected chi connectivity index (χ3v) is 3.24. The van der Waals surface area contributed by atoms with E-state index in [0.29, 0.717) is 18.0 Å². The zero-order chi connectivity index (χ0) is 12.7. The number of aromatic amines is 1. The van der Waals surface area contributed by atoms with Gasteiger partial charge in [0.25, 0.3) is 0 Å². The van der Waals surface area contributed by atoms with E-state index in [-0.39, 0.29) is 5.97 Å². The van der Waals surface area contributed by atoms with E-state index in [1.54, 1.807) is 6.92 Å². The van der Waals surface area contributed by atoms with Crippen LogP contribution >= 0.6 is 0 Å². The van der Waals surface area contributed by atoms with Crippen molar-refractivity contribution < 1.29 is 9.53 Å². The number of carbonyl (C=O) groups excluding carboxylic acids is 1. The molecule has 3 N–H and O–H groups in total. The smallest absolute Gasteiger partial charge is 0.342 e. The van der Waals surface area contributed by atoms with E-state index in [0.717, 1.165) is 23.2 Å². The zero-order valence-electron chi connectivity index (χ0n) is 10.1. The SMILES string of the molecule is CCOC(=O)c1c(N)[nH]c2c1-c1ccccc1C2. The second-order valence-electron chi connectivity index (χ2n) is 4.32. The van der Waals surface area contributed by atoms with Crippen molar-refractivity contribution in [1.29, 1.82) is 0 Å². The molecule has 0 radical (unpaired) electrons. The van der Waals surface area contributed by atoms with E-state index in [1.165, 1.54) is 5.56 Å². The van der Waals surface area contributed by atoms with Gasteiger partial charge in [-0.1, -0.05) is 24.3 Å². The van der Waals surface area contributed by atoms with Crippen LogP contribution in [0.4, 0.5) is 5.82 Å².